The minimum Gasteiger partial charge on any atom is -0.493 e. The molecular weight excluding hydrogens is 308 g/mol. The number of hydrogen-bond acceptors (Lipinski definition) is 7. The first kappa shape index (κ1) is 18.2. The summed E-state index contributed by atoms with van der Waals surface area (Å²) in [7, 11) is 2.65. The van der Waals surface area contributed by atoms with Crippen LogP contribution in [0.15, 0.2) is 12.1 Å². The molecule has 1 N–H and O–H groups in total. The molecule has 0 atom stereocenters. The third kappa shape index (κ3) is 4.83. The van der Waals surface area contributed by atoms with E-state index in [-0.39, 0.29) is 17.1 Å². The van der Waals surface area contributed by atoms with Crippen molar-refractivity contribution in [1.82, 2.24) is 5.32 Å². The Kier molecular flexibility index (Phi) is 6.78. The van der Waals surface area contributed by atoms with Crippen LogP contribution in [0.1, 0.15) is 23.7 Å². The summed E-state index contributed by atoms with van der Waals surface area (Å²) in [5.74, 6) is -1.23. The van der Waals surface area contributed by atoms with Gasteiger partial charge in [-0.05, 0) is 6.42 Å². The van der Waals surface area contributed by atoms with Gasteiger partial charge in [-0.3, -0.25) is 14.9 Å². The van der Waals surface area contributed by atoms with Crippen molar-refractivity contribution in [1.29, 1.82) is 0 Å². The molecule has 0 unspecified atom stereocenters. The van der Waals surface area contributed by atoms with Gasteiger partial charge in [-0.1, -0.05) is 6.92 Å². The summed E-state index contributed by atoms with van der Waals surface area (Å²) in [6.45, 7) is 1.80. The third-order valence-corrected chi connectivity index (χ3v) is 2.83. The molecule has 0 bridgehead atoms. The lowest BCUT2D eigenvalue weighted by Gasteiger charge is -2.10. The molecule has 0 radical (unpaired) electrons. The molecule has 0 saturated heterocycles. The van der Waals surface area contributed by atoms with E-state index in [1.165, 1.54) is 14.2 Å². The van der Waals surface area contributed by atoms with Gasteiger partial charge < -0.3 is 19.5 Å². The number of benzene rings is 1. The number of nitrogens with one attached hydrogen (secondary N) is 1. The fourth-order valence-corrected chi connectivity index (χ4v) is 1.71. The fourth-order valence-electron chi connectivity index (χ4n) is 1.71. The number of carbonyl (C=O) groups excluding carboxylic acids is 2. The molecule has 0 aliphatic rings. The zero-order valence-corrected chi connectivity index (χ0v) is 13.1. The summed E-state index contributed by atoms with van der Waals surface area (Å²) >= 11 is 0. The first-order valence-corrected chi connectivity index (χ1v) is 6.78. The van der Waals surface area contributed by atoms with Crippen molar-refractivity contribution >= 4 is 17.6 Å². The van der Waals surface area contributed by atoms with Gasteiger partial charge in [0.25, 0.3) is 11.6 Å². The van der Waals surface area contributed by atoms with Gasteiger partial charge in [0, 0.05) is 12.6 Å². The average Bonchev–Trinajstić information content (AvgIpc) is 2.56. The molecule has 0 aromatic heterocycles. The Bertz CT molecular complexity index is 601. The predicted molar refractivity (Wildman–Crippen MR) is 79.8 cm³/mol. The fraction of sp³-hybridized carbons (Fsp3) is 0.429. The lowest BCUT2D eigenvalue weighted by molar-refractivity contribution is -0.385. The van der Waals surface area contributed by atoms with Crippen LogP contribution >= 0.6 is 0 Å². The van der Waals surface area contributed by atoms with Crippen LogP contribution in [0.2, 0.25) is 0 Å². The number of carbonyl (C=O) groups is 2. The van der Waals surface area contributed by atoms with E-state index in [2.05, 4.69) is 5.32 Å². The van der Waals surface area contributed by atoms with E-state index in [1.54, 1.807) is 0 Å². The Hall–Kier alpha value is -2.84. The second-order valence-electron chi connectivity index (χ2n) is 4.41. The van der Waals surface area contributed by atoms with Gasteiger partial charge in [-0.2, -0.15) is 0 Å². The van der Waals surface area contributed by atoms with Crippen molar-refractivity contribution in [2.75, 3.05) is 27.4 Å². The number of nitro groups is 1. The lowest BCUT2D eigenvalue weighted by Crippen LogP contribution is -2.29. The number of nitrogens with zero attached hydrogens (tertiary/aromatic N) is 1. The molecule has 126 valence electrons. The van der Waals surface area contributed by atoms with Crippen LogP contribution in [0, 0.1) is 10.1 Å². The van der Waals surface area contributed by atoms with Crippen LogP contribution < -0.4 is 14.8 Å². The Morgan fingerprint density at radius 3 is 2.35 bits per heavy atom. The zero-order chi connectivity index (χ0) is 17.4. The molecule has 0 aliphatic carbocycles. The third-order valence-electron chi connectivity index (χ3n) is 2.83. The maximum absolute atomic E-state index is 12.0. The van der Waals surface area contributed by atoms with Gasteiger partial charge in [0.15, 0.2) is 18.1 Å². The van der Waals surface area contributed by atoms with E-state index in [0.29, 0.717) is 6.54 Å². The Balaban J connectivity index is 2.98. The summed E-state index contributed by atoms with van der Waals surface area (Å²) in [6.07, 6.45) is 0.737. The molecule has 23 heavy (non-hydrogen) atoms. The van der Waals surface area contributed by atoms with Gasteiger partial charge >= 0.3 is 5.97 Å². The molecule has 0 fully saturated rings. The van der Waals surface area contributed by atoms with E-state index >= 15 is 0 Å². The second-order valence-corrected chi connectivity index (χ2v) is 4.41. The van der Waals surface area contributed by atoms with Gasteiger partial charge in [0.2, 0.25) is 0 Å². The maximum atomic E-state index is 12.0. The highest BCUT2D eigenvalue weighted by Crippen LogP contribution is 2.34. The molecule has 1 aromatic carbocycles. The minimum atomic E-state index is -0.996. The Morgan fingerprint density at radius 2 is 1.83 bits per heavy atom. The minimum absolute atomic E-state index is 0.108. The van der Waals surface area contributed by atoms with E-state index in [0.717, 1.165) is 18.6 Å². The molecule has 9 heteroatoms. The molecular formula is C14H18N2O7. The first-order chi connectivity index (χ1) is 10.9. The SMILES string of the molecule is CCCNC(=O)COC(=O)c1cc(OC)c(OC)cc1[N+](=O)[O-]. The Labute approximate surface area is 132 Å². The number of ether oxygens (including phenoxy) is 3. The van der Waals surface area contributed by atoms with Crippen LogP contribution in [0.25, 0.3) is 0 Å². The van der Waals surface area contributed by atoms with E-state index in [1.807, 2.05) is 6.92 Å². The molecule has 0 heterocycles. The van der Waals surface area contributed by atoms with Gasteiger partial charge in [-0.25, -0.2) is 4.79 Å². The molecule has 9 nitrogen and oxygen atoms in total. The average molecular weight is 326 g/mol. The molecule has 1 rings (SSSR count). The van der Waals surface area contributed by atoms with Gasteiger partial charge in [0.1, 0.15) is 5.56 Å². The molecule has 1 aromatic rings. The van der Waals surface area contributed by atoms with Crippen molar-refractivity contribution in [3.05, 3.63) is 27.8 Å². The van der Waals surface area contributed by atoms with Crippen LogP contribution in [-0.4, -0.2) is 44.2 Å². The van der Waals surface area contributed by atoms with Crippen molar-refractivity contribution in [2.45, 2.75) is 13.3 Å². The number of esters is 1. The van der Waals surface area contributed by atoms with Gasteiger partial charge in [0.05, 0.1) is 25.2 Å². The van der Waals surface area contributed by atoms with Crippen molar-refractivity contribution in [3.63, 3.8) is 0 Å². The normalized spacial score (nSPS) is 9.87. The monoisotopic (exact) mass is 326 g/mol. The molecule has 1 amide bonds. The second kappa shape index (κ2) is 8.57. The maximum Gasteiger partial charge on any atom is 0.345 e. The van der Waals surface area contributed by atoms with Crippen molar-refractivity contribution in [3.8, 4) is 11.5 Å². The largest absolute Gasteiger partial charge is 0.493 e. The molecule has 0 spiro atoms. The standard InChI is InChI=1S/C14H18N2O7/c1-4-5-15-13(17)8-23-14(18)9-6-11(21-2)12(22-3)7-10(9)16(19)20/h6-7H,4-5,8H2,1-3H3,(H,15,17). The van der Waals surface area contributed by atoms with Crippen LogP contribution in [-0.2, 0) is 9.53 Å². The van der Waals surface area contributed by atoms with E-state index < -0.39 is 29.1 Å². The smallest absolute Gasteiger partial charge is 0.345 e. The molecule has 0 saturated carbocycles. The number of hydrogen-bond donors (Lipinski definition) is 1. The summed E-state index contributed by atoms with van der Waals surface area (Å²) in [5, 5.41) is 13.6. The Morgan fingerprint density at radius 1 is 1.22 bits per heavy atom. The quantitative estimate of drug-likeness (QED) is 0.434. The van der Waals surface area contributed by atoms with Crippen LogP contribution in [0.4, 0.5) is 5.69 Å². The number of amides is 1. The first-order valence-electron chi connectivity index (χ1n) is 6.78. The highest BCUT2D eigenvalue weighted by molar-refractivity contribution is 5.96. The van der Waals surface area contributed by atoms with Crippen LogP contribution in [0.5, 0.6) is 11.5 Å². The van der Waals surface area contributed by atoms with Gasteiger partial charge in [-0.15, -0.1) is 0 Å². The number of methoxy groups -OCH3 is 2. The lowest BCUT2D eigenvalue weighted by atomic mass is 10.1. The summed E-state index contributed by atoms with van der Waals surface area (Å²) < 4.78 is 14.8. The number of nitro benzene ring substituents is 1. The van der Waals surface area contributed by atoms with E-state index in [9.17, 15) is 19.7 Å². The molecule has 0 aliphatic heterocycles. The van der Waals surface area contributed by atoms with Crippen molar-refractivity contribution < 1.29 is 28.7 Å². The number of rotatable bonds is 8. The predicted octanol–water partition coefficient (Wildman–Crippen LogP) is 1.29. The van der Waals surface area contributed by atoms with E-state index in [4.69, 9.17) is 14.2 Å². The summed E-state index contributed by atoms with van der Waals surface area (Å²) in [4.78, 5) is 33.8. The zero-order valence-electron chi connectivity index (χ0n) is 13.1. The van der Waals surface area contributed by atoms with Crippen LogP contribution in [0.3, 0.4) is 0 Å². The highest BCUT2D eigenvalue weighted by atomic mass is 16.6. The summed E-state index contributed by atoms with van der Waals surface area (Å²) in [5.41, 5.74) is -0.822. The van der Waals surface area contributed by atoms with Crippen molar-refractivity contribution in [2.24, 2.45) is 0 Å². The summed E-state index contributed by atoms with van der Waals surface area (Å²) in [6, 6.07) is 2.20. The topological polar surface area (TPSA) is 117 Å². The highest BCUT2D eigenvalue weighted by Gasteiger charge is 2.26.